The summed E-state index contributed by atoms with van der Waals surface area (Å²) in [6, 6.07) is 76.1. The summed E-state index contributed by atoms with van der Waals surface area (Å²) in [5.41, 5.74) is 15.8. The maximum absolute atomic E-state index is 5.27. The summed E-state index contributed by atoms with van der Waals surface area (Å²) >= 11 is 0. The third kappa shape index (κ3) is 5.60. The van der Waals surface area contributed by atoms with E-state index < -0.39 is 0 Å². The van der Waals surface area contributed by atoms with Crippen molar-refractivity contribution in [3.63, 3.8) is 0 Å². The molecule has 0 spiro atoms. The van der Waals surface area contributed by atoms with E-state index in [9.17, 15) is 0 Å². The second kappa shape index (κ2) is 15.1. The normalized spacial score (nSPS) is 12.7. The second-order valence-electron chi connectivity index (χ2n) is 18.3. The number of nitrogens with zero attached hydrogens (tertiary/aromatic N) is 7. The van der Waals surface area contributed by atoms with Gasteiger partial charge in [-0.3, -0.25) is 4.57 Å². The van der Waals surface area contributed by atoms with Crippen LogP contribution in [-0.2, 0) is 6.42 Å². The number of benzene rings is 9. The van der Waals surface area contributed by atoms with Gasteiger partial charge in [-0.05, 0) is 85.1 Å². The van der Waals surface area contributed by atoms with E-state index in [1.807, 2.05) is 36.4 Å². The van der Waals surface area contributed by atoms with Gasteiger partial charge in [0.25, 0.3) is 0 Å². The summed E-state index contributed by atoms with van der Waals surface area (Å²) < 4.78 is 9.68. The highest BCUT2D eigenvalue weighted by Gasteiger charge is 2.27. The molecule has 0 amide bonds. The van der Waals surface area contributed by atoms with Crippen LogP contribution < -0.4 is 0 Å². The van der Waals surface area contributed by atoms with Gasteiger partial charge in [0.2, 0.25) is 5.95 Å². The Hall–Kier alpha value is -9.33. The fourth-order valence-electron chi connectivity index (χ4n) is 11.6. The zero-order valence-corrected chi connectivity index (χ0v) is 37.9. The zero-order chi connectivity index (χ0) is 45.9. The lowest BCUT2D eigenvalue weighted by molar-refractivity contribution is 0.902. The topological polar surface area (TPSA) is 58.4 Å². The maximum Gasteiger partial charge on any atom is 0.238 e. The first kappa shape index (κ1) is 38.7. The summed E-state index contributed by atoms with van der Waals surface area (Å²) in [4.78, 5) is 15.6. The Morgan fingerprint density at radius 1 is 0.343 bits per heavy atom. The molecule has 0 fully saturated rings. The van der Waals surface area contributed by atoms with Crippen molar-refractivity contribution in [1.82, 2.24) is 33.2 Å². The van der Waals surface area contributed by atoms with Crippen molar-refractivity contribution < 1.29 is 0 Å². The molecule has 70 heavy (non-hydrogen) atoms. The first-order valence-corrected chi connectivity index (χ1v) is 24.0. The minimum Gasteiger partial charge on any atom is -0.309 e. The third-order valence-corrected chi connectivity index (χ3v) is 14.5. The molecule has 7 heteroatoms. The molecule has 0 unspecified atom stereocenters. The molecule has 5 heterocycles. The molecule has 7 nitrogen and oxygen atoms in total. The van der Waals surface area contributed by atoms with Crippen molar-refractivity contribution in [3.8, 4) is 45.8 Å². The summed E-state index contributed by atoms with van der Waals surface area (Å²) in [5.74, 6) is 1.87. The fraction of sp³-hybridized carbons (Fsp3) is 0.0317. The molecule has 328 valence electrons. The highest BCUT2D eigenvalue weighted by atomic mass is 15.2. The van der Waals surface area contributed by atoms with E-state index >= 15 is 0 Å². The van der Waals surface area contributed by atoms with E-state index in [2.05, 4.69) is 206 Å². The Balaban J connectivity index is 0.997. The summed E-state index contributed by atoms with van der Waals surface area (Å²) in [6.45, 7) is 0. The molecule has 14 aromatic rings. The van der Waals surface area contributed by atoms with Crippen LogP contribution in [0.3, 0.4) is 0 Å². The Labute approximate surface area is 402 Å². The number of rotatable bonds is 6. The predicted molar refractivity (Wildman–Crippen MR) is 288 cm³/mol. The number of para-hydroxylation sites is 4. The molecule has 0 N–H and O–H groups in total. The fourth-order valence-corrected chi connectivity index (χ4v) is 11.6. The minimum absolute atomic E-state index is 0.598. The van der Waals surface area contributed by atoms with Gasteiger partial charge in [-0.15, -0.1) is 0 Å². The van der Waals surface area contributed by atoms with Crippen LogP contribution in [-0.4, -0.2) is 33.2 Å². The van der Waals surface area contributed by atoms with Crippen LogP contribution in [0.1, 0.15) is 17.7 Å². The zero-order valence-electron chi connectivity index (χ0n) is 37.9. The van der Waals surface area contributed by atoms with Gasteiger partial charge in [0.05, 0.1) is 44.3 Å². The largest absolute Gasteiger partial charge is 0.309 e. The lowest BCUT2D eigenvalue weighted by Crippen LogP contribution is -2.08. The Morgan fingerprint density at radius 3 is 1.46 bits per heavy atom. The molecule has 1 aliphatic carbocycles. The Bertz CT molecular complexity index is 4400. The first-order valence-electron chi connectivity index (χ1n) is 24.0. The predicted octanol–water partition coefficient (Wildman–Crippen LogP) is 15.4. The average Bonchev–Trinajstić information content (AvgIpc) is 4.17. The van der Waals surface area contributed by atoms with Crippen LogP contribution in [0, 0.1) is 0 Å². The van der Waals surface area contributed by atoms with Crippen molar-refractivity contribution in [3.05, 3.63) is 230 Å². The van der Waals surface area contributed by atoms with Crippen molar-refractivity contribution >= 4 is 82.4 Å². The highest BCUT2D eigenvalue weighted by molar-refractivity contribution is 6.26. The average molecular weight is 896 g/mol. The SMILES string of the molecule is C1=Cc2c(c3c(ccc4c5ccccc5n(-c5cccc(-n6c7ccccc7c7c6ccc6c8ccccc8n(-c8ccccc8)c67)c5)c43)n2-c2nc(-c3ccccc3)nc(-c3ccccc3)n2)CC1. The second-order valence-corrected chi connectivity index (χ2v) is 18.3. The molecule has 15 rings (SSSR count). The Morgan fingerprint density at radius 2 is 0.829 bits per heavy atom. The van der Waals surface area contributed by atoms with Crippen LogP contribution >= 0.6 is 0 Å². The molecular weight excluding hydrogens is 855 g/mol. The Kier molecular flexibility index (Phi) is 8.35. The molecule has 0 aliphatic heterocycles. The van der Waals surface area contributed by atoms with E-state index in [0.717, 1.165) is 68.8 Å². The van der Waals surface area contributed by atoms with E-state index in [4.69, 9.17) is 15.0 Å². The van der Waals surface area contributed by atoms with Gasteiger partial charge in [0, 0.05) is 65.9 Å². The summed E-state index contributed by atoms with van der Waals surface area (Å²) in [7, 11) is 0. The van der Waals surface area contributed by atoms with Gasteiger partial charge in [0.15, 0.2) is 11.6 Å². The number of allylic oxidation sites excluding steroid dienone is 1. The van der Waals surface area contributed by atoms with Crippen LogP contribution in [0.4, 0.5) is 0 Å². The van der Waals surface area contributed by atoms with E-state index in [0.29, 0.717) is 17.6 Å². The molecule has 9 aromatic carbocycles. The smallest absolute Gasteiger partial charge is 0.238 e. The maximum atomic E-state index is 5.27. The van der Waals surface area contributed by atoms with Crippen LogP contribution in [0.5, 0.6) is 0 Å². The number of aromatic nitrogens is 7. The molecule has 0 atom stereocenters. The van der Waals surface area contributed by atoms with Gasteiger partial charge in [0.1, 0.15) is 0 Å². The molecule has 0 saturated heterocycles. The molecule has 1 aliphatic rings. The summed E-state index contributed by atoms with van der Waals surface area (Å²) in [6.07, 6.45) is 6.39. The van der Waals surface area contributed by atoms with E-state index in [1.54, 1.807) is 0 Å². The number of fused-ring (bicyclic) bond motifs is 14. The summed E-state index contributed by atoms with van der Waals surface area (Å²) in [5, 5.41) is 8.59. The number of hydrogen-bond acceptors (Lipinski definition) is 3. The standard InChI is InChI=1S/C63H41N7/c1-4-19-40(20-5-1)61-64-62(41-21-6-2-7-22-41)66-63(65-61)70-54-34-17-13-30-50(54)58-56(70)38-36-48-46-28-11-15-32-52(46)69(60(48)58)44-26-18-25-43(39-44)67-53-33-16-12-29-49(53)57-55(67)37-35-47-45-27-10-14-31-51(45)68(59(47)57)42-23-8-3-9-24-42/h1-12,14-29,31-39H,13,30H2. The lowest BCUT2D eigenvalue weighted by atomic mass is 9.99. The molecular formula is C63H41N7. The van der Waals surface area contributed by atoms with Crippen molar-refractivity contribution in [1.29, 1.82) is 0 Å². The monoisotopic (exact) mass is 895 g/mol. The number of aryl methyl sites for hydroxylation is 1. The number of hydrogen-bond donors (Lipinski definition) is 0. The van der Waals surface area contributed by atoms with E-state index in [1.165, 1.54) is 59.8 Å². The minimum atomic E-state index is 0.598. The van der Waals surface area contributed by atoms with Crippen LogP contribution in [0.15, 0.2) is 218 Å². The quantitative estimate of drug-likeness (QED) is 0.167. The van der Waals surface area contributed by atoms with Crippen molar-refractivity contribution in [2.45, 2.75) is 12.8 Å². The van der Waals surface area contributed by atoms with Crippen molar-refractivity contribution in [2.24, 2.45) is 0 Å². The molecule has 5 aromatic heterocycles. The highest BCUT2D eigenvalue weighted by Crippen LogP contribution is 2.45. The van der Waals surface area contributed by atoms with Gasteiger partial charge in [-0.1, -0.05) is 158 Å². The van der Waals surface area contributed by atoms with Gasteiger partial charge in [-0.25, -0.2) is 4.98 Å². The van der Waals surface area contributed by atoms with Crippen molar-refractivity contribution in [2.75, 3.05) is 0 Å². The molecule has 0 radical (unpaired) electrons. The van der Waals surface area contributed by atoms with Gasteiger partial charge >= 0.3 is 0 Å². The molecule has 0 bridgehead atoms. The van der Waals surface area contributed by atoms with Crippen LogP contribution in [0.2, 0.25) is 0 Å². The third-order valence-electron chi connectivity index (χ3n) is 14.5. The lowest BCUT2D eigenvalue weighted by Gasteiger charge is -2.14. The van der Waals surface area contributed by atoms with Gasteiger partial charge < -0.3 is 13.7 Å². The first-order chi connectivity index (χ1) is 34.8. The molecule has 0 saturated carbocycles. The van der Waals surface area contributed by atoms with E-state index in [-0.39, 0.29) is 0 Å². The van der Waals surface area contributed by atoms with Gasteiger partial charge in [-0.2, -0.15) is 9.97 Å². The van der Waals surface area contributed by atoms with Crippen LogP contribution in [0.25, 0.3) is 128 Å².